The Bertz CT molecular complexity index is 1050. The number of H-pyrrole nitrogens is 1. The molecule has 0 saturated carbocycles. The van der Waals surface area contributed by atoms with E-state index in [1.807, 2.05) is 12.1 Å². The van der Waals surface area contributed by atoms with Crippen LogP contribution in [0.25, 0.3) is 10.9 Å². The van der Waals surface area contributed by atoms with Crippen molar-refractivity contribution < 1.29 is 19.3 Å². The number of nitrogens with zero attached hydrogens (tertiary/aromatic N) is 1. The highest BCUT2D eigenvalue weighted by Gasteiger charge is 2.09. The first-order valence-corrected chi connectivity index (χ1v) is 10.1. The van der Waals surface area contributed by atoms with E-state index < -0.39 is 0 Å². The van der Waals surface area contributed by atoms with E-state index in [9.17, 15) is 5.11 Å². The van der Waals surface area contributed by atoms with Gasteiger partial charge in [-0.15, -0.1) is 0 Å². The number of ether oxygens (including phenoxy) is 3. The number of guanidine groups is 1. The number of aromatic amines is 1. The minimum atomic E-state index is 0.217. The van der Waals surface area contributed by atoms with Gasteiger partial charge in [0.05, 0.1) is 26.8 Å². The molecule has 1 heterocycles. The van der Waals surface area contributed by atoms with E-state index in [0.29, 0.717) is 18.3 Å². The summed E-state index contributed by atoms with van der Waals surface area (Å²) >= 11 is 0. The summed E-state index contributed by atoms with van der Waals surface area (Å²) in [4.78, 5) is 7.68. The molecule has 31 heavy (non-hydrogen) atoms. The number of benzene rings is 2. The van der Waals surface area contributed by atoms with Crippen molar-refractivity contribution in [3.8, 4) is 23.0 Å². The van der Waals surface area contributed by atoms with Crippen molar-refractivity contribution >= 4 is 16.9 Å². The quantitative estimate of drug-likeness (QED) is 0.238. The second-order valence-electron chi connectivity index (χ2n) is 7.04. The number of nitrogens with one attached hydrogen (secondary N) is 3. The highest BCUT2D eigenvalue weighted by Crippen LogP contribution is 2.31. The van der Waals surface area contributed by atoms with Crippen molar-refractivity contribution in [3.05, 3.63) is 47.7 Å². The number of aliphatic imine (C=N–C) groups is 1. The average molecular weight is 427 g/mol. The molecule has 0 radical (unpaired) electrons. The third-order valence-electron chi connectivity index (χ3n) is 5.06. The first-order chi connectivity index (χ1) is 15.1. The molecule has 0 amide bonds. The maximum absolute atomic E-state index is 10.0. The fraction of sp³-hybridized carbons (Fsp3) is 0.348. The lowest BCUT2D eigenvalue weighted by molar-refractivity contribution is 0.398. The first kappa shape index (κ1) is 22.1. The van der Waals surface area contributed by atoms with Crippen LogP contribution in [-0.2, 0) is 13.0 Å². The van der Waals surface area contributed by atoms with Gasteiger partial charge in [0.2, 0.25) is 0 Å². The van der Waals surface area contributed by atoms with Crippen molar-refractivity contribution in [2.45, 2.75) is 19.4 Å². The molecule has 8 heteroatoms. The normalized spacial score (nSPS) is 11.4. The maximum Gasteiger partial charge on any atom is 0.191 e. The van der Waals surface area contributed by atoms with E-state index >= 15 is 0 Å². The number of phenolic OH excluding ortho intramolecular Hbond substituents is 1. The van der Waals surface area contributed by atoms with Crippen LogP contribution in [-0.4, -0.2) is 51.0 Å². The molecule has 0 fully saturated rings. The van der Waals surface area contributed by atoms with Crippen LogP contribution < -0.4 is 24.8 Å². The van der Waals surface area contributed by atoms with Crippen molar-refractivity contribution in [3.63, 3.8) is 0 Å². The van der Waals surface area contributed by atoms with Gasteiger partial charge in [0.25, 0.3) is 0 Å². The number of methoxy groups -OCH3 is 3. The highest BCUT2D eigenvalue weighted by atomic mass is 16.5. The number of phenols is 1. The van der Waals surface area contributed by atoms with Gasteiger partial charge in [-0.3, -0.25) is 4.99 Å². The van der Waals surface area contributed by atoms with Crippen molar-refractivity contribution in [2.24, 2.45) is 4.99 Å². The zero-order valence-electron chi connectivity index (χ0n) is 18.4. The Morgan fingerprint density at radius 3 is 2.52 bits per heavy atom. The van der Waals surface area contributed by atoms with Crippen LogP contribution in [0.4, 0.5) is 0 Å². The molecule has 0 aliphatic carbocycles. The predicted octanol–water partition coefficient (Wildman–Crippen LogP) is 3.20. The summed E-state index contributed by atoms with van der Waals surface area (Å²) in [6, 6.07) is 11.1. The summed E-state index contributed by atoms with van der Waals surface area (Å²) in [5.74, 6) is 3.14. The topological polar surface area (TPSA) is 100 Å². The van der Waals surface area contributed by atoms with E-state index in [1.165, 1.54) is 0 Å². The van der Waals surface area contributed by atoms with Crippen molar-refractivity contribution in [1.29, 1.82) is 0 Å². The van der Waals surface area contributed by atoms with E-state index in [1.54, 1.807) is 46.6 Å². The number of fused-ring (bicyclic) bond motifs is 1. The number of hydrogen-bond donors (Lipinski definition) is 4. The van der Waals surface area contributed by atoms with Crippen molar-refractivity contribution in [1.82, 2.24) is 15.6 Å². The van der Waals surface area contributed by atoms with Gasteiger partial charge in [-0.1, -0.05) is 0 Å². The molecule has 166 valence electrons. The van der Waals surface area contributed by atoms with Crippen molar-refractivity contribution in [2.75, 3.05) is 34.9 Å². The fourth-order valence-electron chi connectivity index (χ4n) is 3.37. The molecule has 0 unspecified atom stereocenters. The van der Waals surface area contributed by atoms with Gasteiger partial charge < -0.3 is 34.9 Å². The fourth-order valence-corrected chi connectivity index (χ4v) is 3.37. The molecular formula is C23H30N4O4. The summed E-state index contributed by atoms with van der Waals surface area (Å²) in [5, 5.41) is 17.6. The van der Waals surface area contributed by atoms with Gasteiger partial charge in [-0.05, 0) is 37.1 Å². The minimum absolute atomic E-state index is 0.217. The van der Waals surface area contributed by atoms with Gasteiger partial charge in [0.1, 0.15) is 23.0 Å². The Kier molecular flexibility index (Phi) is 7.48. The summed E-state index contributed by atoms with van der Waals surface area (Å²) in [5.41, 5.74) is 2.87. The van der Waals surface area contributed by atoms with Crippen LogP contribution in [0.5, 0.6) is 23.0 Å². The summed E-state index contributed by atoms with van der Waals surface area (Å²) in [6.45, 7) is 1.19. The molecule has 0 aliphatic rings. The molecule has 4 N–H and O–H groups in total. The minimum Gasteiger partial charge on any atom is -0.508 e. The zero-order chi connectivity index (χ0) is 22.2. The largest absolute Gasteiger partial charge is 0.508 e. The molecule has 1 aromatic heterocycles. The van der Waals surface area contributed by atoms with E-state index in [4.69, 9.17) is 14.2 Å². The maximum atomic E-state index is 10.0. The lowest BCUT2D eigenvalue weighted by atomic mass is 10.2. The molecule has 2 aromatic carbocycles. The molecule has 3 aromatic rings. The zero-order valence-corrected chi connectivity index (χ0v) is 18.4. The predicted molar refractivity (Wildman–Crippen MR) is 123 cm³/mol. The lowest BCUT2D eigenvalue weighted by Gasteiger charge is -2.13. The Labute approximate surface area is 182 Å². The summed E-state index contributed by atoms with van der Waals surface area (Å²) < 4.78 is 16.0. The smallest absolute Gasteiger partial charge is 0.191 e. The Balaban J connectivity index is 1.51. The second-order valence-corrected chi connectivity index (χ2v) is 7.04. The summed E-state index contributed by atoms with van der Waals surface area (Å²) in [7, 11) is 6.63. The van der Waals surface area contributed by atoms with E-state index in [2.05, 4.69) is 26.7 Å². The monoisotopic (exact) mass is 426 g/mol. The Morgan fingerprint density at radius 2 is 1.81 bits per heavy atom. The van der Waals surface area contributed by atoms with Crippen LogP contribution in [0.2, 0.25) is 0 Å². The van der Waals surface area contributed by atoms with Gasteiger partial charge in [0, 0.05) is 48.9 Å². The van der Waals surface area contributed by atoms with Crippen LogP contribution >= 0.6 is 0 Å². The van der Waals surface area contributed by atoms with Crippen LogP contribution in [0.3, 0.4) is 0 Å². The number of aryl methyl sites for hydroxylation is 1. The SMILES string of the molecule is CN=C(NCCCc1cc2c(OC)cc(OC)cc2[nH]1)NCc1cc(OC)ccc1O. The van der Waals surface area contributed by atoms with Gasteiger partial charge in [0.15, 0.2) is 5.96 Å². The molecule has 0 aliphatic heterocycles. The standard InChI is InChI=1S/C23H30N4O4/c1-24-23(26-14-15-10-17(29-2)7-8-21(15)28)25-9-5-6-16-11-19-20(27-16)12-18(30-3)13-22(19)31-4/h7-8,10-13,27-28H,5-6,9,14H2,1-4H3,(H2,24,25,26). The van der Waals surface area contributed by atoms with Gasteiger partial charge in [-0.2, -0.15) is 0 Å². The molecule has 0 spiro atoms. The number of rotatable bonds is 9. The molecule has 0 saturated heterocycles. The lowest BCUT2D eigenvalue weighted by Crippen LogP contribution is -2.37. The van der Waals surface area contributed by atoms with Crippen LogP contribution in [0.15, 0.2) is 41.4 Å². The van der Waals surface area contributed by atoms with E-state index in [-0.39, 0.29) is 5.75 Å². The summed E-state index contributed by atoms with van der Waals surface area (Å²) in [6.07, 6.45) is 1.79. The molecule has 0 bridgehead atoms. The molecule has 8 nitrogen and oxygen atoms in total. The third kappa shape index (κ3) is 5.53. The number of aromatic hydroxyl groups is 1. The Morgan fingerprint density at radius 1 is 1.00 bits per heavy atom. The first-order valence-electron chi connectivity index (χ1n) is 10.1. The van der Waals surface area contributed by atoms with Gasteiger partial charge in [-0.25, -0.2) is 0 Å². The van der Waals surface area contributed by atoms with E-state index in [0.717, 1.165) is 53.0 Å². The molecular weight excluding hydrogens is 396 g/mol. The molecule has 3 rings (SSSR count). The average Bonchev–Trinajstić information content (AvgIpc) is 3.21. The third-order valence-corrected chi connectivity index (χ3v) is 5.06. The highest BCUT2D eigenvalue weighted by molar-refractivity contribution is 5.88. The Hall–Kier alpha value is -3.55. The van der Waals surface area contributed by atoms with Gasteiger partial charge >= 0.3 is 0 Å². The molecule has 0 atom stereocenters. The number of hydrogen-bond acceptors (Lipinski definition) is 5. The second kappa shape index (κ2) is 10.5. The van der Waals surface area contributed by atoms with Crippen LogP contribution in [0.1, 0.15) is 17.7 Å². The number of aromatic nitrogens is 1. The van der Waals surface area contributed by atoms with Crippen LogP contribution in [0, 0.1) is 0 Å².